The van der Waals surface area contributed by atoms with Gasteiger partial charge in [0, 0.05) is 12.8 Å². The molecule has 0 saturated heterocycles. The van der Waals surface area contributed by atoms with Gasteiger partial charge in [-0.05, 0) is 6.92 Å². The minimum absolute atomic E-state index is 0.301. The standard InChI is InChI=1S/C7H11BN2O2/c1-3-12-6(11)5-4-10(2)7(8)9-5/h5H,3-4H2,1-2H3. The molecular formula is C7H11BN2O2. The van der Waals surface area contributed by atoms with E-state index in [4.69, 9.17) is 12.6 Å². The molecule has 0 N–H and O–H groups in total. The number of nitrogens with zero attached hydrogens (tertiary/aromatic N) is 2. The second-order valence-corrected chi connectivity index (χ2v) is 2.64. The molecule has 0 spiro atoms. The van der Waals surface area contributed by atoms with E-state index in [1.807, 2.05) is 0 Å². The highest BCUT2D eigenvalue weighted by molar-refractivity contribution is 6.59. The molecule has 0 bridgehead atoms. The van der Waals surface area contributed by atoms with Crippen LogP contribution in [0.2, 0.25) is 0 Å². The molecule has 1 aliphatic heterocycles. The number of carbonyl (C=O) groups excluding carboxylic acids is 1. The minimum atomic E-state index is -0.435. The van der Waals surface area contributed by atoms with Crippen LogP contribution in [0.4, 0.5) is 0 Å². The van der Waals surface area contributed by atoms with E-state index < -0.39 is 6.04 Å². The number of aliphatic imine (C=N–C) groups is 1. The Hall–Kier alpha value is -0.995. The molecule has 0 aromatic rings. The highest BCUT2D eigenvalue weighted by Gasteiger charge is 2.26. The first kappa shape index (κ1) is 9.10. The second kappa shape index (κ2) is 3.60. The summed E-state index contributed by atoms with van der Waals surface area (Å²) >= 11 is 0. The minimum Gasteiger partial charge on any atom is -0.464 e. The number of carbonyl (C=O) groups is 1. The van der Waals surface area contributed by atoms with Crippen LogP contribution < -0.4 is 0 Å². The van der Waals surface area contributed by atoms with Gasteiger partial charge >= 0.3 is 5.97 Å². The second-order valence-electron chi connectivity index (χ2n) is 2.64. The van der Waals surface area contributed by atoms with Crippen molar-refractivity contribution in [2.45, 2.75) is 13.0 Å². The fraction of sp³-hybridized carbons (Fsp3) is 0.714. The Labute approximate surface area is 73.0 Å². The maximum atomic E-state index is 11.1. The molecule has 64 valence electrons. The van der Waals surface area contributed by atoms with Crippen LogP contribution in [-0.4, -0.2) is 50.7 Å². The molecule has 0 saturated carbocycles. The molecule has 12 heavy (non-hydrogen) atoms. The van der Waals surface area contributed by atoms with Gasteiger partial charge in [0.05, 0.1) is 13.2 Å². The van der Waals surface area contributed by atoms with Crippen LogP contribution in [0.25, 0.3) is 0 Å². The molecule has 2 radical (unpaired) electrons. The fourth-order valence-electron chi connectivity index (χ4n) is 1.02. The monoisotopic (exact) mass is 166 g/mol. The summed E-state index contributed by atoms with van der Waals surface area (Å²) in [7, 11) is 7.26. The van der Waals surface area contributed by atoms with E-state index in [1.165, 1.54) is 0 Å². The van der Waals surface area contributed by atoms with Gasteiger partial charge in [0.1, 0.15) is 0 Å². The van der Waals surface area contributed by atoms with Crippen molar-refractivity contribution in [3.8, 4) is 0 Å². The van der Waals surface area contributed by atoms with E-state index in [2.05, 4.69) is 4.99 Å². The van der Waals surface area contributed by atoms with Crippen LogP contribution >= 0.6 is 0 Å². The number of ether oxygens (including phenoxy) is 1. The van der Waals surface area contributed by atoms with Crippen molar-refractivity contribution in [1.82, 2.24) is 4.90 Å². The summed E-state index contributed by atoms with van der Waals surface area (Å²) in [6.07, 6.45) is 0. The molecule has 1 aliphatic rings. The van der Waals surface area contributed by atoms with Crippen molar-refractivity contribution in [3.63, 3.8) is 0 Å². The zero-order chi connectivity index (χ0) is 9.14. The topological polar surface area (TPSA) is 41.9 Å². The zero-order valence-corrected chi connectivity index (χ0v) is 7.28. The smallest absolute Gasteiger partial charge is 0.332 e. The van der Waals surface area contributed by atoms with Crippen LogP contribution in [0, 0.1) is 0 Å². The number of hydrogen-bond donors (Lipinski definition) is 0. The largest absolute Gasteiger partial charge is 0.464 e. The average Bonchev–Trinajstić information content (AvgIpc) is 2.33. The summed E-state index contributed by atoms with van der Waals surface area (Å²) < 4.78 is 4.79. The molecule has 1 unspecified atom stereocenters. The number of rotatable bonds is 2. The van der Waals surface area contributed by atoms with Crippen molar-refractivity contribution < 1.29 is 9.53 Å². The fourth-order valence-corrected chi connectivity index (χ4v) is 1.02. The lowest BCUT2D eigenvalue weighted by atomic mass is 10.1. The summed E-state index contributed by atoms with van der Waals surface area (Å²) in [6.45, 7) is 2.67. The van der Waals surface area contributed by atoms with E-state index in [-0.39, 0.29) is 5.97 Å². The predicted octanol–water partition coefficient (Wildman–Crippen LogP) is -0.612. The van der Waals surface area contributed by atoms with Gasteiger partial charge in [0.15, 0.2) is 13.9 Å². The number of amidine groups is 1. The molecule has 4 nitrogen and oxygen atoms in total. The molecule has 0 fully saturated rings. The van der Waals surface area contributed by atoms with Crippen molar-refractivity contribution in [3.05, 3.63) is 0 Å². The first-order valence-corrected chi connectivity index (χ1v) is 3.86. The Balaban J connectivity index is 2.52. The van der Waals surface area contributed by atoms with E-state index in [0.29, 0.717) is 18.9 Å². The molecule has 1 atom stereocenters. The Morgan fingerprint density at radius 1 is 1.92 bits per heavy atom. The maximum absolute atomic E-state index is 11.1. The summed E-state index contributed by atoms with van der Waals surface area (Å²) in [5.74, 6) is -0.301. The zero-order valence-electron chi connectivity index (χ0n) is 7.28. The van der Waals surface area contributed by atoms with Crippen LogP contribution in [0.15, 0.2) is 4.99 Å². The summed E-state index contributed by atoms with van der Waals surface area (Å²) in [6, 6.07) is -0.435. The Bertz CT molecular complexity index is 217. The Morgan fingerprint density at radius 3 is 3.00 bits per heavy atom. The quantitative estimate of drug-likeness (QED) is 0.405. The summed E-state index contributed by atoms with van der Waals surface area (Å²) in [4.78, 5) is 16.8. The first-order chi connectivity index (χ1) is 5.65. The highest BCUT2D eigenvalue weighted by Crippen LogP contribution is 2.06. The van der Waals surface area contributed by atoms with Gasteiger partial charge in [-0.1, -0.05) is 0 Å². The summed E-state index contributed by atoms with van der Waals surface area (Å²) in [5.41, 5.74) is 0.396. The molecular weight excluding hydrogens is 155 g/mol. The first-order valence-electron chi connectivity index (χ1n) is 3.86. The van der Waals surface area contributed by atoms with Crippen LogP contribution in [-0.2, 0) is 9.53 Å². The maximum Gasteiger partial charge on any atom is 0.332 e. The summed E-state index contributed by atoms with van der Waals surface area (Å²) in [5, 5.41) is 0. The SMILES string of the molecule is [B]C1=NC(C(=O)OCC)CN1C. The third-order valence-corrected chi connectivity index (χ3v) is 1.68. The number of hydrogen-bond acceptors (Lipinski definition) is 4. The molecule has 5 heteroatoms. The molecule has 0 aromatic carbocycles. The number of esters is 1. The molecule has 1 rings (SSSR count). The van der Waals surface area contributed by atoms with Gasteiger partial charge in [0.2, 0.25) is 0 Å². The molecule has 0 amide bonds. The van der Waals surface area contributed by atoms with E-state index >= 15 is 0 Å². The van der Waals surface area contributed by atoms with E-state index in [1.54, 1.807) is 18.9 Å². The number of likely N-dealkylation sites (N-methyl/N-ethyl adjacent to an activating group) is 1. The highest BCUT2D eigenvalue weighted by atomic mass is 16.5. The third kappa shape index (κ3) is 1.78. The van der Waals surface area contributed by atoms with Gasteiger partial charge < -0.3 is 9.64 Å². The molecule has 1 heterocycles. The third-order valence-electron chi connectivity index (χ3n) is 1.68. The van der Waals surface area contributed by atoms with Crippen molar-refractivity contribution >= 4 is 19.6 Å². The lowest BCUT2D eigenvalue weighted by Crippen LogP contribution is -2.29. The van der Waals surface area contributed by atoms with Gasteiger partial charge in [-0.2, -0.15) is 0 Å². The molecule has 0 aromatic heterocycles. The van der Waals surface area contributed by atoms with Crippen LogP contribution in [0.3, 0.4) is 0 Å². The normalized spacial score (nSPS) is 22.3. The van der Waals surface area contributed by atoms with Gasteiger partial charge in [-0.3, -0.25) is 4.99 Å². The lowest BCUT2D eigenvalue weighted by molar-refractivity contribution is -0.144. The van der Waals surface area contributed by atoms with Crippen molar-refractivity contribution in [2.24, 2.45) is 4.99 Å². The van der Waals surface area contributed by atoms with Crippen molar-refractivity contribution in [2.75, 3.05) is 20.2 Å². The Kier molecular flexibility index (Phi) is 2.73. The van der Waals surface area contributed by atoms with Gasteiger partial charge in [-0.25, -0.2) is 4.79 Å². The molecule has 0 aliphatic carbocycles. The lowest BCUT2D eigenvalue weighted by Gasteiger charge is -2.11. The van der Waals surface area contributed by atoms with E-state index in [9.17, 15) is 4.79 Å². The predicted molar refractivity (Wildman–Crippen MR) is 46.2 cm³/mol. The van der Waals surface area contributed by atoms with Crippen molar-refractivity contribution in [1.29, 1.82) is 0 Å². The van der Waals surface area contributed by atoms with Crippen LogP contribution in [0.5, 0.6) is 0 Å². The van der Waals surface area contributed by atoms with Gasteiger partial charge in [-0.15, -0.1) is 0 Å². The van der Waals surface area contributed by atoms with E-state index in [0.717, 1.165) is 0 Å². The van der Waals surface area contributed by atoms with Gasteiger partial charge in [0.25, 0.3) is 0 Å². The average molecular weight is 166 g/mol. The Morgan fingerprint density at radius 2 is 2.58 bits per heavy atom. The van der Waals surface area contributed by atoms with Crippen LogP contribution in [0.1, 0.15) is 6.92 Å².